The highest BCUT2D eigenvalue weighted by Gasteiger charge is 2.26. The van der Waals surface area contributed by atoms with Crippen LogP contribution in [0.15, 0.2) is 12.1 Å². The number of hydrogen-bond donors (Lipinski definition) is 2. The zero-order valence-corrected chi connectivity index (χ0v) is 10.5. The number of rotatable bonds is 1. The zero-order valence-electron chi connectivity index (χ0n) is 9.68. The predicted molar refractivity (Wildman–Crippen MR) is 71.8 cm³/mol. The van der Waals surface area contributed by atoms with Crippen LogP contribution in [0.2, 0.25) is 0 Å². The molecule has 4 N–H and O–H groups in total. The predicted octanol–water partition coefficient (Wildman–Crippen LogP) is 1.58. The largest absolute Gasteiger partial charge is 0.396 e. The van der Waals surface area contributed by atoms with E-state index < -0.39 is 0 Å². The van der Waals surface area contributed by atoms with Gasteiger partial charge >= 0.3 is 0 Å². The lowest BCUT2D eigenvalue weighted by molar-refractivity contribution is 0.621. The average Bonchev–Trinajstić information content (AvgIpc) is 2.26. The van der Waals surface area contributed by atoms with Gasteiger partial charge in [-0.05, 0) is 19.1 Å². The molecule has 16 heavy (non-hydrogen) atoms. The summed E-state index contributed by atoms with van der Waals surface area (Å²) in [7, 11) is 0. The van der Waals surface area contributed by atoms with Gasteiger partial charge < -0.3 is 16.4 Å². The van der Waals surface area contributed by atoms with Gasteiger partial charge in [0.1, 0.15) is 11.6 Å². The van der Waals surface area contributed by atoms with Crippen molar-refractivity contribution in [2.24, 2.45) is 0 Å². The molecule has 0 spiro atoms. The zero-order chi connectivity index (χ0) is 11.7. The number of anilines is 3. The molecule has 1 fully saturated rings. The molecule has 0 saturated carbocycles. The molecule has 0 aliphatic carbocycles. The SMILES string of the molecule is CC1SCCN(c2ccc(N)c(N)n2)C1C. The van der Waals surface area contributed by atoms with Crippen molar-refractivity contribution in [3.63, 3.8) is 0 Å². The number of nitrogens with zero attached hydrogens (tertiary/aromatic N) is 2. The number of aromatic nitrogens is 1. The lowest BCUT2D eigenvalue weighted by Gasteiger charge is -2.38. The highest BCUT2D eigenvalue weighted by atomic mass is 32.2. The summed E-state index contributed by atoms with van der Waals surface area (Å²) < 4.78 is 0. The normalized spacial score (nSPS) is 25.8. The van der Waals surface area contributed by atoms with E-state index in [2.05, 4.69) is 23.7 Å². The Morgan fingerprint density at radius 1 is 1.38 bits per heavy atom. The fourth-order valence-electron chi connectivity index (χ4n) is 1.89. The van der Waals surface area contributed by atoms with E-state index in [1.807, 2.05) is 23.9 Å². The first-order valence-corrected chi connectivity index (χ1v) is 6.54. The van der Waals surface area contributed by atoms with E-state index in [-0.39, 0.29) is 0 Å². The minimum absolute atomic E-state index is 0.426. The van der Waals surface area contributed by atoms with Crippen LogP contribution in [0.1, 0.15) is 13.8 Å². The van der Waals surface area contributed by atoms with E-state index in [1.54, 1.807) is 0 Å². The Kier molecular flexibility index (Phi) is 3.14. The van der Waals surface area contributed by atoms with Crippen LogP contribution in [0, 0.1) is 0 Å². The first-order valence-electron chi connectivity index (χ1n) is 5.50. The van der Waals surface area contributed by atoms with Gasteiger partial charge in [-0.3, -0.25) is 0 Å². The van der Waals surface area contributed by atoms with E-state index in [0.29, 0.717) is 22.8 Å². The van der Waals surface area contributed by atoms with Crippen molar-refractivity contribution in [3.05, 3.63) is 12.1 Å². The molecule has 1 saturated heterocycles. The molecule has 2 rings (SSSR count). The second-order valence-electron chi connectivity index (χ2n) is 4.15. The molecule has 1 aromatic rings. The Labute approximate surface area is 100 Å². The Balaban J connectivity index is 2.25. The number of pyridine rings is 1. The van der Waals surface area contributed by atoms with Gasteiger partial charge in [0.15, 0.2) is 0 Å². The molecule has 5 heteroatoms. The summed E-state index contributed by atoms with van der Waals surface area (Å²) in [6, 6.07) is 4.26. The summed E-state index contributed by atoms with van der Waals surface area (Å²) in [6.45, 7) is 5.50. The third-order valence-electron chi connectivity index (χ3n) is 3.12. The molecule has 2 unspecified atom stereocenters. The molecule has 4 nitrogen and oxygen atoms in total. The van der Waals surface area contributed by atoms with Crippen LogP contribution in [-0.4, -0.2) is 28.6 Å². The fraction of sp³-hybridized carbons (Fsp3) is 0.545. The minimum Gasteiger partial charge on any atom is -0.396 e. The monoisotopic (exact) mass is 238 g/mol. The van der Waals surface area contributed by atoms with Gasteiger partial charge in [0.25, 0.3) is 0 Å². The van der Waals surface area contributed by atoms with Crippen molar-refractivity contribution in [1.29, 1.82) is 0 Å². The van der Waals surface area contributed by atoms with Crippen LogP contribution in [0.3, 0.4) is 0 Å². The molecule has 0 aromatic carbocycles. The lowest BCUT2D eigenvalue weighted by atomic mass is 10.2. The second kappa shape index (κ2) is 4.41. The van der Waals surface area contributed by atoms with Crippen molar-refractivity contribution in [2.75, 3.05) is 28.7 Å². The van der Waals surface area contributed by atoms with Crippen LogP contribution in [0.5, 0.6) is 0 Å². The third kappa shape index (κ3) is 2.04. The molecule has 2 atom stereocenters. The third-order valence-corrected chi connectivity index (χ3v) is 4.46. The highest BCUT2D eigenvalue weighted by molar-refractivity contribution is 8.00. The molecular weight excluding hydrogens is 220 g/mol. The van der Waals surface area contributed by atoms with Crippen LogP contribution in [-0.2, 0) is 0 Å². The van der Waals surface area contributed by atoms with Gasteiger partial charge in [-0.2, -0.15) is 11.8 Å². The molecule has 0 amide bonds. The van der Waals surface area contributed by atoms with Crippen molar-refractivity contribution in [1.82, 2.24) is 4.98 Å². The molecule has 88 valence electrons. The van der Waals surface area contributed by atoms with Crippen molar-refractivity contribution < 1.29 is 0 Å². The maximum atomic E-state index is 5.74. The smallest absolute Gasteiger partial charge is 0.149 e. The Morgan fingerprint density at radius 3 is 2.81 bits per heavy atom. The maximum absolute atomic E-state index is 5.74. The van der Waals surface area contributed by atoms with Gasteiger partial charge in [-0.15, -0.1) is 0 Å². The van der Waals surface area contributed by atoms with Crippen molar-refractivity contribution >= 4 is 29.1 Å². The first kappa shape index (κ1) is 11.4. The Morgan fingerprint density at radius 2 is 2.12 bits per heavy atom. The quantitative estimate of drug-likeness (QED) is 0.777. The molecule has 0 bridgehead atoms. The fourth-order valence-corrected chi connectivity index (χ4v) is 2.99. The lowest BCUT2D eigenvalue weighted by Crippen LogP contribution is -2.45. The van der Waals surface area contributed by atoms with E-state index >= 15 is 0 Å². The summed E-state index contributed by atoms with van der Waals surface area (Å²) in [6.07, 6.45) is 0. The van der Waals surface area contributed by atoms with Crippen LogP contribution < -0.4 is 16.4 Å². The molecule has 1 aliphatic heterocycles. The summed E-state index contributed by atoms with van der Waals surface area (Å²) in [5.41, 5.74) is 12.0. The second-order valence-corrected chi connectivity index (χ2v) is 5.64. The van der Waals surface area contributed by atoms with Crippen molar-refractivity contribution in [3.8, 4) is 0 Å². The van der Waals surface area contributed by atoms with Gasteiger partial charge in [-0.1, -0.05) is 6.92 Å². The highest BCUT2D eigenvalue weighted by Crippen LogP contribution is 2.29. The Bertz CT molecular complexity index is 382. The van der Waals surface area contributed by atoms with Gasteiger partial charge in [-0.25, -0.2) is 4.98 Å². The number of hydrogen-bond acceptors (Lipinski definition) is 5. The molecule has 1 aliphatic rings. The molecule has 0 radical (unpaired) electrons. The maximum Gasteiger partial charge on any atom is 0.149 e. The van der Waals surface area contributed by atoms with Gasteiger partial charge in [0, 0.05) is 23.6 Å². The number of thioether (sulfide) groups is 1. The van der Waals surface area contributed by atoms with Gasteiger partial charge in [0.2, 0.25) is 0 Å². The molecule has 2 heterocycles. The summed E-state index contributed by atoms with van der Waals surface area (Å²) in [5, 5.41) is 0.620. The number of nitrogens with two attached hydrogens (primary N) is 2. The average molecular weight is 238 g/mol. The Hall–Kier alpha value is -1.10. The van der Waals surface area contributed by atoms with E-state index in [9.17, 15) is 0 Å². The van der Waals surface area contributed by atoms with E-state index in [1.165, 1.54) is 0 Å². The van der Waals surface area contributed by atoms with Crippen LogP contribution in [0.4, 0.5) is 17.3 Å². The van der Waals surface area contributed by atoms with Crippen LogP contribution in [0.25, 0.3) is 0 Å². The summed E-state index contributed by atoms with van der Waals surface area (Å²) >= 11 is 2.01. The number of nitrogen functional groups attached to an aromatic ring is 2. The first-order chi connectivity index (χ1) is 7.59. The molecular formula is C11H18N4S. The van der Waals surface area contributed by atoms with Gasteiger partial charge in [0.05, 0.1) is 5.69 Å². The standard InChI is InChI=1S/C11H18N4S/c1-7-8(2)16-6-5-15(7)10-4-3-9(12)11(13)14-10/h3-4,7-8H,5-6,12H2,1-2H3,(H2,13,14). The van der Waals surface area contributed by atoms with Crippen LogP contribution >= 0.6 is 11.8 Å². The van der Waals surface area contributed by atoms with Crippen molar-refractivity contribution in [2.45, 2.75) is 25.1 Å². The minimum atomic E-state index is 0.426. The summed E-state index contributed by atoms with van der Waals surface area (Å²) in [5.74, 6) is 2.50. The van der Waals surface area contributed by atoms with E-state index in [0.717, 1.165) is 18.1 Å². The topological polar surface area (TPSA) is 68.2 Å². The molecule has 1 aromatic heterocycles. The van der Waals surface area contributed by atoms with E-state index in [4.69, 9.17) is 11.5 Å². The summed E-state index contributed by atoms with van der Waals surface area (Å²) in [4.78, 5) is 6.65.